The molecule has 2 amide bonds. The largest absolute Gasteiger partial charge is 0.274 e. The number of amides is 2. The molecule has 98 valence electrons. The van der Waals surface area contributed by atoms with Crippen LogP contribution in [0.4, 0.5) is 5.69 Å². The molecular formula is C16H17NO2. The Morgan fingerprint density at radius 2 is 2.00 bits per heavy atom. The summed E-state index contributed by atoms with van der Waals surface area (Å²) < 4.78 is 0. The molecule has 1 aromatic carbocycles. The molecule has 1 saturated heterocycles. The minimum atomic E-state index is -0.182. The molecule has 0 bridgehead atoms. The number of rotatable bonds is 1. The van der Waals surface area contributed by atoms with Gasteiger partial charge >= 0.3 is 0 Å². The Hall–Kier alpha value is -1.90. The van der Waals surface area contributed by atoms with E-state index < -0.39 is 0 Å². The van der Waals surface area contributed by atoms with Gasteiger partial charge in [0, 0.05) is 0 Å². The molecule has 0 aromatic heterocycles. The summed E-state index contributed by atoms with van der Waals surface area (Å²) in [4.78, 5) is 26.4. The zero-order chi connectivity index (χ0) is 13.6. The Labute approximate surface area is 112 Å². The van der Waals surface area contributed by atoms with Gasteiger partial charge in [0.05, 0.1) is 17.5 Å². The number of allylic oxidation sites excluding steroid dienone is 2. The van der Waals surface area contributed by atoms with E-state index in [1.54, 1.807) is 0 Å². The van der Waals surface area contributed by atoms with E-state index in [-0.39, 0.29) is 29.6 Å². The van der Waals surface area contributed by atoms with E-state index in [1.165, 1.54) is 4.90 Å². The van der Waals surface area contributed by atoms with Crippen LogP contribution < -0.4 is 4.90 Å². The smallest absolute Gasteiger partial charge is 0.238 e. The highest BCUT2D eigenvalue weighted by molar-refractivity contribution is 6.22. The van der Waals surface area contributed by atoms with Crippen LogP contribution in [0.25, 0.3) is 0 Å². The van der Waals surface area contributed by atoms with E-state index in [9.17, 15) is 9.59 Å². The van der Waals surface area contributed by atoms with Gasteiger partial charge in [0.2, 0.25) is 11.8 Å². The maximum Gasteiger partial charge on any atom is 0.238 e. The third-order valence-electron chi connectivity index (χ3n) is 4.13. The predicted molar refractivity (Wildman–Crippen MR) is 73.6 cm³/mol. The van der Waals surface area contributed by atoms with Crippen LogP contribution in [0.1, 0.15) is 18.9 Å². The van der Waals surface area contributed by atoms with Gasteiger partial charge in [-0.15, -0.1) is 0 Å². The lowest BCUT2D eigenvalue weighted by molar-refractivity contribution is -0.122. The van der Waals surface area contributed by atoms with Gasteiger partial charge in [0.15, 0.2) is 0 Å². The SMILES string of the molecule is Cc1cccc(N2C(=O)C3CC=CC(C)C3C2=O)c1. The molecule has 0 radical (unpaired) electrons. The van der Waals surface area contributed by atoms with Crippen LogP contribution in [0.2, 0.25) is 0 Å². The molecule has 1 aliphatic carbocycles. The van der Waals surface area contributed by atoms with Crippen molar-refractivity contribution in [3.8, 4) is 0 Å². The summed E-state index contributed by atoms with van der Waals surface area (Å²) in [5.41, 5.74) is 1.76. The van der Waals surface area contributed by atoms with Gasteiger partial charge in [-0.05, 0) is 37.0 Å². The number of hydrogen-bond donors (Lipinski definition) is 0. The zero-order valence-corrected chi connectivity index (χ0v) is 11.2. The molecular weight excluding hydrogens is 238 g/mol. The van der Waals surface area contributed by atoms with Gasteiger partial charge in [0.1, 0.15) is 0 Å². The van der Waals surface area contributed by atoms with E-state index in [0.29, 0.717) is 12.1 Å². The van der Waals surface area contributed by atoms with Crippen LogP contribution >= 0.6 is 0 Å². The fourth-order valence-electron chi connectivity index (χ4n) is 3.17. The Morgan fingerprint density at radius 3 is 2.68 bits per heavy atom. The fraction of sp³-hybridized carbons (Fsp3) is 0.375. The molecule has 0 spiro atoms. The average molecular weight is 255 g/mol. The average Bonchev–Trinajstić information content (AvgIpc) is 2.63. The molecule has 3 unspecified atom stereocenters. The third kappa shape index (κ3) is 1.81. The summed E-state index contributed by atoms with van der Waals surface area (Å²) in [6.07, 6.45) is 4.75. The molecule has 19 heavy (non-hydrogen) atoms. The molecule has 2 aliphatic rings. The van der Waals surface area contributed by atoms with Crippen molar-refractivity contribution in [2.75, 3.05) is 4.90 Å². The third-order valence-corrected chi connectivity index (χ3v) is 4.13. The van der Waals surface area contributed by atoms with Crippen LogP contribution in [0, 0.1) is 24.7 Å². The maximum absolute atomic E-state index is 12.5. The Bertz CT molecular complexity index is 576. The number of carbonyl (C=O) groups is 2. The van der Waals surface area contributed by atoms with Crippen molar-refractivity contribution in [2.45, 2.75) is 20.3 Å². The van der Waals surface area contributed by atoms with Gasteiger partial charge in [-0.3, -0.25) is 14.5 Å². The number of anilines is 1. The second-order valence-corrected chi connectivity index (χ2v) is 5.51. The summed E-state index contributed by atoms with van der Waals surface area (Å²) in [5, 5.41) is 0. The van der Waals surface area contributed by atoms with Gasteiger partial charge in [-0.2, -0.15) is 0 Å². The van der Waals surface area contributed by atoms with Crippen LogP contribution in [-0.2, 0) is 9.59 Å². The highest BCUT2D eigenvalue weighted by Gasteiger charge is 2.50. The molecule has 3 atom stereocenters. The second kappa shape index (κ2) is 4.34. The molecule has 0 saturated carbocycles. The van der Waals surface area contributed by atoms with Crippen LogP contribution in [0.15, 0.2) is 36.4 Å². The molecule has 0 N–H and O–H groups in total. The first-order chi connectivity index (χ1) is 9.09. The highest BCUT2D eigenvalue weighted by Crippen LogP contribution is 2.40. The van der Waals surface area contributed by atoms with Crippen molar-refractivity contribution in [1.29, 1.82) is 0 Å². The predicted octanol–water partition coefficient (Wildman–Crippen LogP) is 2.70. The summed E-state index contributed by atoms with van der Waals surface area (Å²) >= 11 is 0. The lowest BCUT2D eigenvalue weighted by atomic mass is 9.78. The lowest BCUT2D eigenvalue weighted by Gasteiger charge is -2.22. The molecule has 1 aromatic rings. The van der Waals surface area contributed by atoms with Crippen LogP contribution in [0.3, 0.4) is 0 Å². The monoisotopic (exact) mass is 255 g/mol. The molecule has 1 heterocycles. The Balaban J connectivity index is 2.01. The molecule has 3 nitrogen and oxygen atoms in total. The lowest BCUT2D eigenvalue weighted by Crippen LogP contribution is -2.31. The topological polar surface area (TPSA) is 37.4 Å². The normalized spacial score (nSPS) is 29.8. The Morgan fingerprint density at radius 1 is 1.21 bits per heavy atom. The number of nitrogens with zero attached hydrogens (tertiary/aromatic N) is 1. The van der Waals surface area contributed by atoms with Crippen LogP contribution in [-0.4, -0.2) is 11.8 Å². The van der Waals surface area contributed by atoms with Crippen molar-refractivity contribution >= 4 is 17.5 Å². The van der Waals surface area contributed by atoms with Crippen molar-refractivity contribution in [3.63, 3.8) is 0 Å². The van der Waals surface area contributed by atoms with Gasteiger partial charge in [0.25, 0.3) is 0 Å². The summed E-state index contributed by atoms with van der Waals surface area (Å²) in [6.45, 7) is 3.98. The first-order valence-electron chi connectivity index (χ1n) is 6.70. The van der Waals surface area contributed by atoms with Crippen molar-refractivity contribution in [1.82, 2.24) is 0 Å². The number of aryl methyl sites for hydroxylation is 1. The summed E-state index contributed by atoms with van der Waals surface area (Å²) in [7, 11) is 0. The molecule has 1 fully saturated rings. The quantitative estimate of drug-likeness (QED) is 0.571. The second-order valence-electron chi connectivity index (χ2n) is 5.51. The minimum Gasteiger partial charge on any atom is -0.274 e. The molecule has 3 rings (SSSR count). The van der Waals surface area contributed by atoms with E-state index in [0.717, 1.165) is 5.56 Å². The number of fused-ring (bicyclic) bond motifs is 1. The van der Waals surface area contributed by atoms with E-state index >= 15 is 0 Å². The Kier molecular flexibility index (Phi) is 2.77. The standard InChI is InChI=1S/C16H17NO2/c1-10-5-3-7-12(9-10)17-15(18)13-8-4-6-11(2)14(13)16(17)19/h3-7,9,11,13-14H,8H2,1-2H3. The van der Waals surface area contributed by atoms with E-state index in [1.807, 2.05) is 50.3 Å². The molecule has 1 aliphatic heterocycles. The maximum atomic E-state index is 12.5. The van der Waals surface area contributed by atoms with Crippen molar-refractivity contribution in [3.05, 3.63) is 42.0 Å². The zero-order valence-electron chi connectivity index (χ0n) is 11.2. The summed E-state index contributed by atoms with van der Waals surface area (Å²) in [5.74, 6) is -0.301. The van der Waals surface area contributed by atoms with Gasteiger partial charge in [-0.25, -0.2) is 0 Å². The van der Waals surface area contributed by atoms with E-state index in [2.05, 4.69) is 0 Å². The number of hydrogen-bond acceptors (Lipinski definition) is 2. The highest BCUT2D eigenvalue weighted by atomic mass is 16.2. The minimum absolute atomic E-state index is 0.0440. The first-order valence-corrected chi connectivity index (χ1v) is 6.70. The van der Waals surface area contributed by atoms with Gasteiger partial charge in [-0.1, -0.05) is 31.2 Å². The number of carbonyl (C=O) groups excluding carboxylic acids is 2. The number of benzene rings is 1. The molecule has 3 heteroatoms. The fourth-order valence-corrected chi connectivity index (χ4v) is 3.17. The first kappa shape index (κ1) is 12.2. The number of imide groups is 1. The summed E-state index contributed by atoms with van der Waals surface area (Å²) in [6, 6.07) is 7.57. The van der Waals surface area contributed by atoms with Crippen LogP contribution in [0.5, 0.6) is 0 Å². The van der Waals surface area contributed by atoms with Crippen molar-refractivity contribution in [2.24, 2.45) is 17.8 Å². The van der Waals surface area contributed by atoms with Gasteiger partial charge < -0.3 is 0 Å². The van der Waals surface area contributed by atoms with Crippen molar-refractivity contribution < 1.29 is 9.59 Å². The van der Waals surface area contributed by atoms with E-state index in [4.69, 9.17) is 0 Å².